The van der Waals surface area contributed by atoms with Gasteiger partial charge in [-0.15, -0.1) is 0 Å². The molecule has 0 atom stereocenters. The van der Waals surface area contributed by atoms with Crippen LogP contribution in [0.2, 0.25) is 0 Å². The van der Waals surface area contributed by atoms with Crippen molar-refractivity contribution in [2.75, 3.05) is 0 Å². The van der Waals surface area contributed by atoms with Gasteiger partial charge in [0.1, 0.15) is 11.2 Å². The van der Waals surface area contributed by atoms with E-state index in [1.54, 1.807) is 9.13 Å². The van der Waals surface area contributed by atoms with Crippen molar-refractivity contribution in [3.05, 3.63) is 206 Å². The summed E-state index contributed by atoms with van der Waals surface area (Å²) in [4.78, 5) is 16.1. The molecule has 298 valence electrons. The molecule has 0 N–H and O–H groups in total. The van der Waals surface area contributed by atoms with Crippen molar-refractivity contribution in [1.29, 1.82) is 0 Å². The molecule has 0 aliphatic rings. The highest BCUT2D eigenvalue weighted by atomic mass is 16.3. The van der Waals surface area contributed by atoms with Gasteiger partial charge in [-0.2, -0.15) is 15.0 Å². The Morgan fingerprint density at radius 1 is 0.359 bits per heavy atom. The minimum atomic E-state index is -0.428. The summed E-state index contributed by atoms with van der Waals surface area (Å²) < 4.78 is 84.8. The molecule has 7 heteroatoms. The van der Waals surface area contributed by atoms with Crippen LogP contribution in [0.1, 0.15) is 11.0 Å². The summed E-state index contributed by atoms with van der Waals surface area (Å²) in [5.41, 5.74) is 7.25. The van der Waals surface area contributed by atoms with Gasteiger partial charge in [0, 0.05) is 48.7 Å². The maximum absolute atomic E-state index is 9.44. The fourth-order valence-corrected chi connectivity index (χ4v) is 9.75. The van der Waals surface area contributed by atoms with Gasteiger partial charge in [-0.1, -0.05) is 158 Å². The molecule has 14 rings (SSSR count). The van der Waals surface area contributed by atoms with E-state index < -0.39 is 12.1 Å². The molecule has 14 aromatic rings. The van der Waals surface area contributed by atoms with E-state index in [-0.39, 0.29) is 75.8 Å². The zero-order chi connectivity index (χ0) is 48.8. The van der Waals surface area contributed by atoms with Gasteiger partial charge in [-0.05, 0) is 54.0 Å². The largest absolute Gasteiger partial charge is 0.455 e. The van der Waals surface area contributed by atoms with Crippen LogP contribution in [0.3, 0.4) is 0 Å². The Morgan fingerprint density at radius 3 is 1.41 bits per heavy atom. The van der Waals surface area contributed by atoms with Crippen LogP contribution in [0.4, 0.5) is 0 Å². The molecule has 0 unspecified atom stereocenters. The molecule has 64 heavy (non-hydrogen) atoms. The van der Waals surface area contributed by atoms with Gasteiger partial charge in [0.05, 0.1) is 55.3 Å². The molecule has 0 aliphatic heterocycles. The smallest absolute Gasteiger partial charge is 0.240 e. The molecule has 0 saturated heterocycles. The van der Waals surface area contributed by atoms with E-state index in [2.05, 4.69) is 28.8 Å². The number of benzene rings is 9. The summed E-state index contributed by atoms with van der Waals surface area (Å²) in [7, 11) is 0. The first-order valence-corrected chi connectivity index (χ1v) is 20.9. The van der Waals surface area contributed by atoms with E-state index in [4.69, 9.17) is 24.9 Å². The lowest BCUT2D eigenvalue weighted by Gasteiger charge is -2.19. The Bertz CT molecular complexity index is 4500. The van der Waals surface area contributed by atoms with Crippen molar-refractivity contribution >= 4 is 87.4 Å². The summed E-state index contributed by atoms with van der Waals surface area (Å²) in [5, 5.41) is 5.59. The lowest BCUT2D eigenvalue weighted by molar-refractivity contribution is 0.670. The summed E-state index contributed by atoms with van der Waals surface area (Å²) in [6.07, 6.45) is 0. The van der Waals surface area contributed by atoms with Gasteiger partial charge in [-0.25, -0.2) is 0 Å². The van der Waals surface area contributed by atoms with Gasteiger partial charge in [0.15, 0.2) is 5.82 Å². The number of nitrogens with zero attached hydrogens (tertiary/aromatic N) is 6. The Hall–Kier alpha value is -8.81. The second-order valence-electron chi connectivity index (χ2n) is 15.8. The lowest BCUT2D eigenvalue weighted by Crippen LogP contribution is -2.11. The van der Waals surface area contributed by atoms with E-state index in [9.17, 15) is 5.48 Å². The Morgan fingerprint density at radius 2 is 0.812 bits per heavy atom. The number of rotatable bonds is 5. The third kappa shape index (κ3) is 4.89. The van der Waals surface area contributed by atoms with Gasteiger partial charge < -0.3 is 8.98 Å². The van der Waals surface area contributed by atoms with Crippen molar-refractivity contribution < 1.29 is 15.4 Å². The van der Waals surface area contributed by atoms with Crippen molar-refractivity contribution in [3.63, 3.8) is 0 Å². The predicted octanol–water partition coefficient (Wildman–Crippen LogP) is 14.4. The normalized spacial score (nSPS) is 13.8. The molecule has 9 aromatic carbocycles. The summed E-state index contributed by atoms with van der Waals surface area (Å²) in [6, 6.07) is 48.3. The van der Waals surface area contributed by atoms with Gasteiger partial charge in [0.2, 0.25) is 11.9 Å². The van der Waals surface area contributed by atoms with E-state index in [1.165, 1.54) is 0 Å². The highest BCUT2D eigenvalue weighted by Crippen LogP contribution is 2.44. The number of aromatic nitrogens is 6. The van der Waals surface area contributed by atoms with Crippen LogP contribution < -0.4 is 0 Å². The first-order chi connectivity index (χ1) is 35.1. The fraction of sp³-hybridized carbons (Fsp3) is 0. The molecule has 5 heterocycles. The molecule has 0 spiro atoms. The monoisotopic (exact) mass is 826 g/mol. The fourth-order valence-electron chi connectivity index (χ4n) is 9.75. The molecule has 0 saturated carbocycles. The highest BCUT2D eigenvalue weighted by Gasteiger charge is 2.26. The average molecular weight is 827 g/mol. The zero-order valence-corrected chi connectivity index (χ0v) is 33.6. The highest BCUT2D eigenvalue weighted by molar-refractivity contribution is 6.14. The second-order valence-corrected chi connectivity index (χ2v) is 15.8. The SMILES string of the molecule is [2H]c1c([2H])c([2H])c2c(c1[2H])c1ccccc1n2-c1nc(-c2c(-c3cccc4c3oc3ccccc34)cccc2-n2c3ccccc3c3ccccc32)nc(-n2c3ccccc3c3c([2H])c([2H])c([2H])c([2H])c32)n1. The Kier molecular flexibility index (Phi) is 5.82. The van der Waals surface area contributed by atoms with E-state index in [0.29, 0.717) is 44.2 Å². The van der Waals surface area contributed by atoms with Gasteiger partial charge >= 0.3 is 0 Å². The van der Waals surface area contributed by atoms with Crippen molar-refractivity contribution in [3.8, 4) is 40.1 Å². The van der Waals surface area contributed by atoms with Crippen molar-refractivity contribution in [2.24, 2.45) is 0 Å². The molecular formula is C57H34N6O. The van der Waals surface area contributed by atoms with E-state index in [1.807, 2.05) is 133 Å². The first kappa shape index (κ1) is 27.9. The van der Waals surface area contributed by atoms with Crippen LogP contribution in [-0.2, 0) is 0 Å². The predicted molar refractivity (Wildman–Crippen MR) is 261 cm³/mol. The number of para-hydroxylation sites is 8. The minimum absolute atomic E-state index is 0.00270. The molecule has 0 bridgehead atoms. The van der Waals surface area contributed by atoms with Crippen LogP contribution in [-0.4, -0.2) is 28.7 Å². The molecule has 0 amide bonds. The van der Waals surface area contributed by atoms with E-state index >= 15 is 0 Å². The minimum Gasteiger partial charge on any atom is -0.455 e. The van der Waals surface area contributed by atoms with Gasteiger partial charge in [-0.3, -0.25) is 9.13 Å². The average Bonchev–Trinajstić information content (AvgIpc) is 4.17. The first-order valence-electron chi connectivity index (χ1n) is 24.9. The number of hydrogen-bond donors (Lipinski definition) is 0. The third-order valence-corrected chi connectivity index (χ3v) is 12.4. The Labute approximate surface area is 376 Å². The quantitative estimate of drug-likeness (QED) is 0.173. The second kappa shape index (κ2) is 13.3. The van der Waals surface area contributed by atoms with Crippen LogP contribution in [0, 0.1) is 0 Å². The van der Waals surface area contributed by atoms with Gasteiger partial charge in [0.25, 0.3) is 0 Å². The third-order valence-electron chi connectivity index (χ3n) is 12.4. The van der Waals surface area contributed by atoms with Crippen LogP contribution in [0.15, 0.2) is 210 Å². The zero-order valence-electron chi connectivity index (χ0n) is 41.6. The van der Waals surface area contributed by atoms with Crippen LogP contribution in [0.5, 0.6) is 0 Å². The Balaban J connectivity index is 1.20. The maximum Gasteiger partial charge on any atom is 0.240 e. The van der Waals surface area contributed by atoms with E-state index in [0.717, 1.165) is 43.7 Å². The molecule has 5 aromatic heterocycles. The number of fused-ring (bicyclic) bond motifs is 12. The maximum atomic E-state index is 9.44. The van der Waals surface area contributed by atoms with Crippen LogP contribution >= 0.6 is 0 Å². The molecular weight excluding hydrogens is 785 g/mol. The summed E-state index contributed by atoms with van der Waals surface area (Å²) in [5.74, 6) is 0.167. The molecule has 0 radical (unpaired) electrons. The molecule has 0 fully saturated rings. The topological polar surface area (TPSA) is 66.6 Å². The van der Waals surface area contributed by atoms with Crippen molar-refractivity contribution in [2.45, 2.75) is 0 Å². The standard InChI is InChI=1S/C57H34N6O/c1-8-27-45-35(17-1)36-18-2-9-28-46(36)61(45)51-33-16-24-42(44-26-15-25-43-41-23-7-14-34-52(41)64-54(43)44)53(51)55-58-56(62-47-29-10-3-19-37(47)38-20-4-11-30-48(38)62)60-57(59-55)63-49-31-12-5-21-39(49)40-22-6-13-32-50(40)63/h1-34H/i3D,5D,10D,12D,19D,21D,29D,31D. The summed E-state index contributed by atoms with van der Waals surface area (Å²) in [6.45, 7) is 0. The van der Waals surface area contributed by atoms with Crippen LogP contribution in [0.25, 0.3) is 127 Å². The summed E-state index contributed by atoms with van der Waals surface area (Å²) >= 11 is 0. The lowest BCUT2D eigenvalue weighted by atomic mass is 9.95. The molecule has 0 aliphatic carbocycles. The number of hydrogen-bond acceptors (Lipinski definition) is 4. The number of furan rings is 1. The van der Waals surface area contributed by atoms with Crippen molar-refractivity contribution in [1.82, 2.24) is 28.7 Å². The molecule has 7 nitrogen and oxygen atoms in total.